The molecule has 0 aliphatic heterocycles. The summed E-state index contributed by atoms with van der Waals surface area (Å²) in [5.41, 5.74) is 1.24. The summed E-state index contributed by atoms with van der Waals surface area (Å²) < 4.78 is 12.5. The standard InChI is InChI=1S/C26H34Br2N2O4/c1-3-33-23-13-11-19(17-21(23)27)25(31)29-15-9-7-5-6-8-10-16-30-26(32)20-12-14-24(34-4-2)22(28)18-20/h11-14,17-18H,3-10,15-16H2,1-2H3,(H,29,31)(H,30,32). The van der Waals surface area contributed by atoms with Gasteiger partial charge in [0.2, 0.25) is 0 Å². The van der Waals surface area contributed by atoms with Crippen LogP contribution in [0.2, 0.25) is 0 Å². The number of carbonyl (C=O) groups is 2. The zero-order chi connectivity index (χ0) is 24.8. The molecule has 0 bridgehead atoms. The largest absolute Gasteiger partial charge is 0.493 e. The smallest absolute Gasteiger partial charge is 0.251 e. The first kappa shape index (κ1) is 28.2. The lowest BCUT2D eigenvalue weighted by atomic mass is 10.1. The second-order valence-electron chi connectivity index (χ2n) is 7.79. The van der Waals surface area contributed by atoms with Crippen molar-refractivity contribution in [3.05, 3.63) is 56.5 Å². The van der Waals surface area contributed by atoms with Crippen LogP contribution in [0.25, 0.3) is 0 Å². The number of ether oxygens (including phenoxy) is 2. The van der Waals surface area contributed by atoms with Gasteiger partial charge < -0.3 is 20.1 Å². The lowest BCUT2D eigenvalue weighted by Gasteiger charge is -2.09. The van der Waals surface area contributed by atoms with E-state index in [1.54, 1.807) is 24.3 Å². The van der Waals surface area contributed by atoms with Gasteiger partial charge in [-0.1, -0.05) is 25.7 Å². The molecule has 0 aromatic heterocycles. The normalized spacial score (nSPS) is 10.6. The summed E-state index contributed by atoms with van der Waals surface area (Å²) in [7, 11) is 0. The van der Waals surface area contributed by atoms with Crippen molar-refractivity contribution in [3.8, 4) is 11.5 Å². The summed E-state index contributed by atoms with van der Waals surface area (Å²) in [5.74, 6) is 1.34. The molecule has 0 aliphatic rings. The van der Waals surface area contributed by atoms with Gasteiger partial charge in [0.05, 0.1) is 22.2 Å². The molecule has 0 radical (unpaired) electrons. The summed E-state index contributed by atoms with van der Waals surface area (Å²) in [6.07, 6.45) is 6.27. The topological polar surface area (TPSA) is 76.7 Å². The molecule has 0 aliphatic carbocycles. The average molecular weight is 598 g/mol. The lowest BCUT2D eigenvalue weighted by Crippen LogP contribution is -2.24. The van der Waals surface area contributed by atoms with Crippen LogP contribution in [0.15, 0.2) is 45.3 Å². The van der Waals surface area contributed by atoms with Crippen molar-refractivity contribution in [2.24, 2.45) is 0 Å². The monoisotopic (exact) mass is 596 g/mol. The highest BCUT2D eigenvalue weighted by Crippen LogP contribution is 2.26. The number of halogens is 2. The third kappa shape index (κ3) is 9.66. The van der Waals surface area contributed by atoms with Crippen molar-refractivity contribution in [2.45, 2.75) is 52.4 Å². The second kappa shape index (κ2) is 15.8. The van der Waals surface area contributed by atoms with Crippen LogP contribution in [0, 0.1) is 0 Å². The second-order valence-corrected chi connectivity index (χ2v) is 9.50. The minimum atomic E-state index is -0.0703. The number of carbonyl (C=O) groups excluding carboxylic acids is 2. The van der Waals surface area contributed by atoms with Gasteiger partial charge in [0.15, 0.2) is 0 Å². The van der Waals surface area contributed by atoms with Crippen LogP contribution in [0.5, 0.6) is 11.5 Å². The fourth-order valence-corrected chi connectivity index (χ4v) is 4.38. The maximum Gasteiger partial charge on any atom is 0.251 e. The van der Waals surface area contributed by atoms with E-state index in [1.807, 2.05) is 26.0 Å². The van der Waals surface area contributed by atoms with E-state index in [0.29, 0.717) is 37.4 Å². The summed E-state index contributed by atoms with van der Waals surface area (Å²) in [4.78, 5) is 24.6. The first-order valence-corrected chi connectivity index (χ1v) is 13.5. The zero-order valence-electron chi connectivity index (χ0n) is 19.9. The number of rotatable bonds is 15. The Morgan fingerprint density at radius 1 is 0.676 bits per heavy atom. The molecule has 6 nitrogen and oxygen atoms in total. The highest BCUT2D eigenvalue weighted by molar-refractivity contribution is 9.10. The SMILES string of the molecule is CCOc1ccc(C(=O)NCCCCCCCCNC(=O)c2ccc(OCC)c(Br)c2)cc1Br. The zero-order valence-corrected chi connectivity index (χ0v) is 23.1. The number of nitrogens with one attached hydrogen (secondary N) is 2. The highest BCUT2D eigenvalue weighted by atomic mass is 79.9. The van der Waals surface area contributed by atoms with Gasteiger partial charge in [0.25, 0.3) is 11.8 Å². The van der Waals surface area contributed by atoms with Gasteiger partial charge >= 0.3 is 0 Å². The predicted molar refractivity (Wildman–Crippen MR) is 143 cm³/mol. The molecule has 0 saturated carbocycles. The van der Waals surface area contributed by atoms with Crippen LogP contribution < -0.4 is 20.1 Å². The first-order valence-electron chi connectivity index (χ1n) is 11.9. The third-order valence-corrected chi connectivity index (χ3v) is 6.40. The fraction of sp³-hybridized carbons (Fsp3) is 0.462. The molecule has 2 aromatic carbocycles. The van der Waals surface area contributed by atoms with Gasteiger partial charge in [0, 0.05) is 24.2 Å². The van der Waals surface area contributed by atoms with E-state index in [4.69, 9.17) is 9.47 Å². The van der Waals surface area contributed by atoms with Crippen LogP contribution in [0.1, 0.15) is 73.1 Å². The summed E-state index contributed by atoms with van der Waals surface area (Å²) in [6.45, 7) is 6.35. The summed E-state index contributed by atoms with van der Waals surface area (Å²) >= 11 is 6.88. The van der Waals surface area contributed by atoms with Gasteiger partial charge in [-0.15, -0.1) is 0 Å². The quantitative estimate of drug-likeness (QED) is 0.229. The van der Waals surface area contributed by atoms with E-state index in [2.05, 4.69) is 42.5 Å². The van der Waals surface area contributed by atoms with E-state index in [1.165, 1.54) is 0 Å². The van der Waals surface area contributed by atoms with Gasteiger partial charge in [0.1, 0.15) is 11.5 Å². The van der Waals surface area contributed by atoms with Crippen molar-refractivity contribution in [1.29, 1.82) is 0 Å². The average Bonchev–Trinajstić information content (AvgIpc) is 2.82. The van der Waals surface area contributed by atoms with Gasteiger partial charge in [-0.2, -0.15) is 0 Å². The molecule has 186 valence electrons. The van der Waals surface area contributed by atoms with Crippen LogP contribution in [-0.2, 0) is 0 Å². The molecule has 8 heteroatoms. The number of hydrogen-bond donors (Lipinski definition) is 2. The minimum Gasteiger partial charge on any atom is -0.493 e. The molecule has 2 N–H and O–H groups in total. The van der Waals surface area contributed by atoms with Crippen molar-refractivity contribution >= 4 is 43.7 Å². The van der Waals surface area contributed by atoms with Crippen LogP contribution in [0.3, 0.4) is 0 Å². The van der Waals surface area contributed by atoms with Crippen molar-refractivity contribution in [2.75, 3.05) is 26.3 Å². The Hall–Kier alpha value is -2.06. The first-order chi connectivity index (χ1) is 16.5. The molecule has 2 rings (SSSR count). The van der Waals surface area contributed by atoms with Gasteiger partial charge in [-0.25, -0.2) is 0 Å². The predicted octanol–water partition coefficient (Wildman–Crippen LogP) is 6.51. The maximum atomic E-state index is 12.3. The Kier molecular flexibility index (Phi) is 13.1. The van der Waals surface area contributed by atoms with Crippen LogP contribution >= 0.6 is 31.9 Å². The number of benzene rings is 2. The Morgan fingerprint density at radius 3 is 1.41 bits per heavy atom. The van der Waals surface area contributed by atoms with E-state index >= 15 is 0 Å². The Balaban J connectivity index is 1.52. The highest BCUT2D eigenvalue weighted by Gasteiger charge is 2.10. The minimum absolute atomic E-state index is 0.0703. The van der Waals surface area contributed by atoms with E-state index in [9.17, 15) is 9.59 Å². The summed E-state index contributed by atoms with van der Waals surface area (Å²) in [5, 5.41) is 5.94. The molecule has 0 atom stereocenters. The van der Waals surface area contributed by atoms with Gasteiger partial charge in [-0.05, 0) is 94.9 Å². The fourth-order valence-electron chi connectivity index (χ4n) is 3.39. The molecular formula is C26H34Br2N2O4. The maximum absolute atomic E-state index is 12.3. The third-order valence-electron chi connectivity index (χ3n) is 5.16. The van der Waals surface area contributed by atoms with Crippen molar-refractivity contribution in [1.82, 2.24) is 10.6 Å². The summed E-state index contributed by atoms with van der Waals surface area (Å²) in [6, 6.07) is 10.7. The van der Waals surface area contributed by atoms with E-state index in [-0.39, 0.29) is 11.8 Å². The molecule has 0 unspecified atom stereocenters. The number of unbranched alkanes of at least 4 members (excludes halogenated alkanes) is 5. The van der Waals surface area contributed by atoms with Crippen LogP contribution in [0.4, 0.5) is 0 Å². The van der Waals surface area contributed by atoms with Gasteiger partial charge in [-0.3, -0.25) is 9.59 Å². The number of hydrogen-bond acceptors (Lipinski definition) is 4. The van der Waals surface area contributed by atoms with E-state index in [0.717, 1.165) is 59.0 Å². The Bertz CT molecular complexity index is 862. The van der Waals surface area contributed by atoms with Crippen molar-refractivity contribution < 1.29 is 19.1 Å². The molecule has 0 saturated heterocycles. The molecule has 2 aromatic rings. The molecule has 0 spiro atoms. The molecule has 2 amide bonds. The molecule has 34 heavy (non-hydrogen) atoms. The van der Waals surface area contributed by atoms with Crippen molar-refractivity contribution in [3.63, 3.8) is 0 Å². The Morgan fingerprint density at radius 2 is 1.06 bits per heavy atom. The Labute approximate surface area is 219 Å². The number of amides is 2. The van der Waals surface area contributed by atoms with Crippen LogP contribution in [-0.4, -0.2) is 38.1 Å². The van der Waals surface area contributed by atoms with E-state index < -0.39 is 0 Å². The lowest BCUT2D eigenvalue weighted by molar-refractivity contribution is 0.0944. The molecule has 0 fully saturated rings. The molecule has 0 heterocycles. The molecular weight excluding hydrogens is 564 g/mol.